The molecule has 0 amide bonds. The van der Waals surface area contributed by atoms with Gasteiger partial charge in [0.1, 0.15) is 23.3 Å². The number of hydrogen-bond donors (Lipinski definition) is 1. The van der Waals surface area contributed by atoms with E-state index in [2.05, 4.69) is 16.7 Å². The van der Waals surface area contributed by atoms with Gasteiger partial charge in [-0.2, -0.15) is 0 Å². The molecule has 130 valence electrons. The minimum Gasteiger partial charge on any atom is -0.343 e. The zero-order valence-corrected chi connectivity index (χ0v) is 13.9. The fourth-order valence-electron chi connectivity index (χ4n) is 3.47. The number of nitrogens with one attached hydrogen (secondary N) is 1. The smallest absolute Gasteiger partial charge is 0.343 e. The van der Waals surface area contributed by atoms with Crippen molar-refractivity contribution in [3.63, 3.8) is 0 Å². The maximum absolute atomic E-state index is 12.4. The lowest BCUT2D eigenvalue weighted by molar-refractivity contribution is -0.0809. The zero-order chi connectivity index (χ0) is 17.3. The second-order valence-corrected chi connectivity index (χ2v) is 7.92. The van der Waals surface area contributed by atoms with Gasteiger partial charge in [0.2, 0.25) is 0 Å². The van der Waals surface area contributed by atoms with Gasteiger partial charge in [-0.1, -0.05) is 0 Å². The highest BCUT2D eigenvalue weighted by molar-refractivity contribution is 7.48. The summed E-state index contributed by atoms with van der Waals surface area (Å²) in [7, 11) is -2.50. The average Bonchev–Trinajstić information content (AvgIpc) is 3.19. The fourth-order valence-corrected chi connectivity index (χ4v) is 4.91. The number of rotatable bonds is 3. The summed E-state index contributed by atoms with van der Waals surface area (Å²) in [5.74, 6) is 0. The molecule has 1 saturated carbocycles. The Balaban J connectivity index is 1.82. The third-order valence-electron chi connectivity index (χ3n) is 4.85. The molecule has 1 aromatic heterocycles. The molecule has 3 unspecified atom stereocenters. The van der Waals surface area contributed by atoms with E-state index >= 15 is 0 Å². The largest absolute Gasteiger partial charge is 0.475 e. The predicted octanol–water partition coefficient (Wildman–Crippen LogP) is 0.206. The van der Waals surface area contributed by atoms with Crippen LogP contribution in [0.25, 0.3) is 0 Å². The third kappa shape index (κ3) is 1.91. The molecule has 2 aliphatic heterocycles. The molecule has 1 aliphatic carbocycles. The van der Waals surface area contributed by atoms with Crippen LogP contribution in [0.3, 0.4) is 0 Å². The molecule has 3 aliphatic rings. The van der Waals surface area contributed by atoms with Crippen LogP contribution in [0.1, 0.15) is 19.6 Å². The van der Waals surface area contributed by atoms with Crippen molar-refractivity contribution in [3.8, 4) is 0 Å². The maximum Gasteiger partial charge on any atom is 0.475 e. The van der Waals surface area contributed by atoms with Crippen LogP contribution in [0.2, 0.25) is 0 Å². The number of aliphatic imine (C=N–C) groups is 1. The molecule has 0 bridgehead atoms. The summed E-state index contributed by atoms with van der Waals surface area (Å²) in [5, 5.41) is 0. The van der Waals surface area contributed by atoms with Crippen molar-refractivity contribution in [3.05, 3.63) is 33.1 Å². The Labute approximate surface area is 136 Å². The normalized spacial score (nSPS) is 46.2. The second-order valence-electron chi connectivity index (χ2n) is 6.24. The summed E-state index contributed by atoms with van der Waals surface area (Å²) in [5.41, 5.74) is -3.17. The number of aromatic nitrogens is 2. The first kappa shape index (κ1) is 15.9. The van der Waals surface area contributed by atoms with Gasteiger partial charge in [-0.25, -0.2) is 9.36 Å². The van der Waals surface area contributed by atoms with E-state index in [0.717, 1.165) is 0 Å². The average molecular weight is 357 g/mol. The molecule has 3 heterocycles. The first-order valence-electron chi connectivity index (χ1n) is 7.28. The van der Waals surface area contributed by atoms with Crippen molar-refractivity contribution >= 4 is 14.5 Å². The van der Waals surface area contributed by atoms with Crippen molar-refractivity contribution in [2.75, 3.05) is 7.11 Å². The standard InChI is InChI=1S/C13H16N3O7P/c1-12(14-2)9-13(6-7(13)22-24(19,20-3)23-9)21-10(12)16-5-4-8(17)15-11(16)18/h4-5,7,9-10H,2,6H2,1,3H3,(H,15,17,18)/t7?,9-,10+,12+,13?,24?/m0/s1. The van der Waals surface area contributed by atoms with Gasteiger partial charge in [-0.3, -0.25) is 32.9 Å². The Morgan fingerprint density at radius 1 is 1.50 bits per heavy atom. The SMILES string of the molecule is C=N[C@]1(C)[C@@H]2OP(=O)(OC)OC3CC32O[C@H]1n1ccc(=O)[nH]c1=O. The quantitative estimate of drug-likeness (QED) is 0.606. The first-order chi connectivity index (χ1) is 11.3. The Morgan fingerprint density at radius 3 is 2.88 bits per heavy atom. The molecule has 1 N–H and O–H groups in total. The van der Waals surface area contributed by atoms with Gasteiger partial charge in [-0.15, -0.1) is 0 Å². The summed E-state index contributed by atoms with van der Waals surface area (Å²) in [6, 6.07) is 1.20. The molecule has 6 atom stereocenters. The number of H-pyrrole nitrogens is 1. The van der Waals surface area contributed by atoms with Crippen molar-refractivity contribution in [2.45, 2.75) is 42.9 Å². The molecule has 1 aromatic rings. The van der Waals surface area contributed by atoms with E-state index in [1.54, 1.807) is 6.92 Å². The minimum absolute atomic E-state index is 0.435. The monoisotopic (exact) mass is 357 g/mol. The molecule has 0 aromatic carbocycles. The Hall–Kier alpha value is -1.58. The van der Waals surface area contributed by atoms with Crippen molar-refractivity contribution in [1.29, 1.82) is 0 Å². The van der Waals surface area contributed by atoms with Gasteiger partial charge in [0.15, 0.2) is 6.23 Å². The van der Waals surface area contributed by atoms with Gasteiger partial charge in [-0.05, 0) is 13.6 Å². The van der Waals surface area contributed by atoms with Crippen molar-refractivity contribution < 1.29 is 22.9 Å². The van der Waals surface area contributed by atoms with E-state index in [0.29, 0.717) is 6.42 Å². The van der Waals surface area contributed by atoms with Crippen LogP contribution in [-0.4, -0.2) is 46.7 Å². The highest BCUT2D eigenvalue weighted by atomic mass is 31.2. The van der Waals surface area contributed by atoms with E-state index < -0.39 is 48.6 Å². The number of hydrogen-bond acceptors (Lipinski definition) is 8. The zero-order valence-electron chi connectivity index (χ0n) is 13.0. The fraction of sp³-hybridized carbons (Fsp3) is 0.615. The summed E-state index contributed by atoms with van der Waals surface area (Å²) < 4.78 is 35.5. The third-order valence-corrected chi connectivity index (χ3v) is 6.28. The van der Waals surface area contributed by atoms with Crippen LogP contribution in [0, 0.1) is 0 Å². The summed E-state index contributed by atoms with van der Waals surface area (Å²) >= 11 is 0. The van der Waals surface area contributed by atoms with Gasteiger partial charge in [0, 0.05) is 25.8 Å². The number of aromatic amines is 1. The Kier molecular flexibility index (Phi) is 3.14. The van der Waals surface area contributed by atoms with E-state index in [1.807, 2.05) is 0 Å². The number of phosphoric acid groups is 1. The molecule has 11 heteroatoms. The molecule has 0 radical (unpaired) electrons. The van der Waals surface area contributed by atoms with Crippen molar-refractivity contribution in [2.24, 2.45) is 4.99 Å². The van der Waals surface area contributed by atoms with Crippen LogP contribution in [0.5, 0.6) is 0 Å². The highest BCUT2D eigenvalue weighted by Gasteiger charge is 2.79. The molecule has 24 heavy (non-hydrogen) atoms. The summed E-state index contributed by atoms with van der Waals surface area (Å²) in [6.45, 7) is 5.27. The molecule has 10 nitrogen and oxygen atoms in total. The van der Waals surface area contributed by atoms with Crippen LogP contribution in [0.4, 0.5) is 0 Å². The lowest BCUT2D eigenvalue weighted by atomic mass is 9.91. The molecule has 4 rings (SSSR count). The van der Waals surface area contributed by atoms with Crippen LogP contribution >= 0.6 is 7.82 Å². The number of nitrogens with zero attached hydrogens (tertiary/aromatic N) is 2. The lowest BCUT2D eigenvalue weighted by Gasteiger charge is -2.35. The topological polar surface area (TPSA) is 121 Å². The van der Waals surface area contributed by atoms with E-state index in [4.69, 9.17) is 18.3 Å². The molecule has 3 fully saturated rings. The summed E-state index contributed by atoms with van der Waals surface area (Å²) in [4.78, 5) is 29.7. The van der Waals surface area contributed by atoms with E-state index in [-0.39, 0.29) is 0 Å². The number of phosphoric ester groups is 1. The number of ether oxygens (including phenoxy) is 1. The van der Waals surface area contributed by atoms with Crippen LogP contribution in [0.15, 0.2) is 26.8 Å². The van der Waals surface area contributed by atoms with E-state index in [1.165, 1.54) is 23.9 Å². The van der Waals surface area contributed by atoms with Gasteiger partial charge in [0.25, 0.3) is 5.56 Å². The second kappa shape index (κ2) is 4.74. The molecular weight excluding hydrogens is 341 g/mol. The highest BCUT2D eigenvalue weighted by Crippen LogP contribution is 2.71. The first-order valence-corrected chi connectivity index (χ1v) is 8.74. The van der Waals surface area contributed by atoms with Gasteiger partial charge < -0.3 is 4.74 Å². The maximum atomic E-state index is 12.4. The van der Waals surface area contributed by atoms with Gasteiger partial charge >= 0.3 is 13.5 Å². The predicted molar refractivity (Wildman–Crippen MR) is 81.1 cm³/mol. The Bertz CT molecular complexity index is 881. The minimum atomic E-state index is -3.73. The van der Waals surface area contributed by atoms with E-state index in [9.17, 15) is 14.2 Å². The summed E-state index contributed by atoms with van der Waals surface area (Å²) in [6.07, 6.45) is -0.397. The molecular formula is C13H16N3O7P. The van der Waals surface area contributed by atoms with Crippen LogP contribution < -0.4 is 11.2 Å². The lowest BCUT2D eigenvalue weighted by Crippen LogP contribution is -2.48. The molecule has 1 spiro atoms. The molecule has 2 saturated heterocycles. The van der Waals surface area contributed by atoms with Crippen LogP contribution in [-0.2, 0) is 22.9 Å². The van der Waals surface area contributed by atoms with Crippen molar-refractivity contribution in [1.82, 2.24) is 9.55 Å². The van der Waals surface area contributed by atoms with Gasteiger partial charge in [0.05, 0.1) is 0 Å². The Morgan fingerprint density at radius 2 is 2.25 bits per heavy atom.